The smallest absolute Gasteiger partial charge is 0.0298 e. The van der Waals surface area contributed by atoms with E-state index in [0.717, 1.165) is 23.5 Å². The van der Waals surface area contributed by atoms with Crippen LogP contribution < -0.4 is 0 Å². The molecule has 0 radical (unpaired) electrons. The SMILES string of the molecule is CN(C)CCC1=C(Br)C(P(C2CCCCC2)C2CCCCC2)C=C1. The molecule has 0 N–H and O–H groups in total. The Bertz CT molecular complexity index is 440. The lowest BCUT2D eigenvalue weighted by Gasteiger charge is -2.41. The van der Waals surface area contributed by atoms with Crippen molar-refractivity contribution in [1.29, 1.82) is 0 Å². The largest absolute Gasteiger partial charge is 0.309 e. The Hall–Kier alpha value is 0.350. The third-order valence-corrected chi connectivity index (χ3v) is 11.3. The van der Waals surface area contributed by atoms with E-state index >= 15 is 0 Å². The summed E-state index contributed by atoms with van der Waals surface area (Å²) in [6, 6.07) is 0. The lowest BCUT2D eigenvalue weighted by atomic mass is 9.99. The van der Waals surface area contributed by atoms with Gasteiger partial charge < -0.3 is 4.90 Å². The zero-order valence-corrected chi connectivity index (χ0v) is 18.1. The summed E-state index contributed by atoms with van der Waals surface area (Å²) in [5.74, 6) is 0. The van der Waals surface area contributed by atoms with Crippen LogP contribution in [0.2, 0.25) is 0 Å². The van der Waals surface area contributed by atoms with E-state index in [9.17, 15) is 0 Å². The van der Waals surface area contributed by atoms with Crippen molar-refractivity contribution in [3.63, 3.8) is 0 Å². The summed E-state index contributed by atoms with van der Waals surface area (Å²) in [5, 5.41) is 0. The molecule has 2 saturated carbocycles. The average molecular weight is 412 g/mol. The van der Waals surface area contributed by atoms with Crippen LogP contribution in [0.5, 0.6) is 0 Å². The van der Waals surface area contributed by atoms with Gasteiger partial charge in [0.25, 0.3) is 0 Å². The molecule has 0 saturated heterocycles. The number of rotatable bonds is 6. The minimum atomic E-state index is 0.105. The van der Waals surface area contributed by atoms with Crippen LogP contribution in [0.4, 0.5) is 0 Å². The first-order chi connectivity index (χ1) is 11.7. The molecule has 3 aliphatic rings. The van der Waals surface area contributed by atoms with Crippen LogP contribution in [-0.2, 0) is 0 Å². The van der Waals surface area contributed by atoms with Gasteiger partial charge in [0.15, 0.2) is 0 Å². The molecule has 0 heterocycles. The second-order valence-corrected chi connectivity index (χ2v) is 12.0. The van der Waals surface area contributed by atoms with Crippen LogP contribution in [0.15, 0.2) is 22.2 Å². The number of allylic oxidation sites excluding steroid dienone is 3. The van der Waals surface area contributed by atoms with E-state index in [1.165, 1.54) is 70.6 Å². The Labute approximate surface area is 159 Å². The highest BCUT2D eigenvalue weighted by Gasteiger charge is 2.38. The number of nitrogens with zero attached hydrogens (tertiary/aromatic N) is 1. The molecule has 0 spiro atoms. The third-order valence-electron chi connectivity index (χ3n) is 6.19. The highest BCUT2D eigenvalue weighted by atomic mass is 79.9. The van der Waals surface area contributed by atoms with Crippen LogP contribution in [0.25, 0.3) is 0 Å². The van der Waals surface area contributed by atoms with Crippen molar-refractivity contribution in [2.24, 2.45) is 0 Å². The van der Waals surface area contributed by atoms with Gasteiger partial charge in [0.2, 0.25) is 0 Å². The van der Waals surface area contributed by atoms with Crippen LogP contribution in [0, 0.1) is 0 Å². The average Bonchev–Trinajstić information content (AvgIpc) is 2.96. The van der Waals surface area contributed by atoms with Crippen molar-refractivity contribution in [2.45, 2.75) is 87.6 Å². The maximum Gasteiger partial charge on any atom is 0.0298 e. The molecule has 0 aromatic carbocycles. The van der Waals surface area contributed by atoms with Gasteiger partial charge in [-0.05, 0) is 63.1 Å². The van der Waals surface area contributed by atoms with Gasteiger partial charge in [0.05, 0.1) is 0 Å². The Kier molecular flexibility index (Phi) is 7.44. The van der Waals surface area contributed by atoms with Crippen molar-refractivity contribution >= 4 is 23.9 Å². The standard InChI is InChI=1S/C21H35BrNP/c1-23(2)16-15-17-13-14-20(21(17)22)24(18-9-5-3-6-10-18)19-11-7-4-8-12-19/h13-14,18-20H,3-12,15-16H2,1-2H3. The fourth-order valence-electron chi connectivity index (χ4n) is 4.85. The van der Waals surface area contributed by atoms with Gasteiger partial charge >= 0.3 is 0 Å². The van der Waals surface area contributed by atoms with Crippen LogP contribution in [-0.4, -0.2) is 42.5 Å². The van der Waals surface area contributed by atoms with E-state index in [-0.39, 0.29) is 7.92 Å². The first-order valence-electron chi connectivity index (χ1n) is 10.2. The van der Waals surface area contributed by atoms with E-state index in [2.05, 4.69) is 47.1 Å². The van der Waals surface area contributed by atoms with Crippen molar-refractivity contribution in [1.82, 2.24) is 4.90 Å². The third kappa shape index (κ3) is 4.74. The van der Waals surface area contributed by atoms with Gasteiger partial charge in [-0.2, -0.15) is 0 Å². The summed E-state index contributed by atoms with van der Waals surface area (Å²) in [4.78, 5) is 2.31. The van der Waals surface area contributed by atoms with Crippen LogP contribution in [0.1, 0.15) is 70.6 Å². The molecule has 2 fully saturated rings. The molecule has 1 unspecified atom stereocenters. The predicted molar refractivity (Wildman–Crippen MR) is 113 cm³/mol. The molecule has 1 nitrogen and oxygen atoms in total. The van der Waals surface area contributed by atoms with Crippen molar-refractivity contribution in [3.8, 4) is 0 Å². The Morgan fingerprint density at radius 2 is 1.50 bits per heavy atom. The molecular formula is C21H35BrNP. The summed E-state index contributed by atoms with van der Waals surface area (Å²) in [6.07, 6.45) is 21.2. The normalized spacial score (nSPS) is 27.0. The molecule has 0 aromatic rings. The van der Waals surface area contributed by atoms with E-state index < -0.39 is 0 Å². The number of hydrogen-bond acceptors (Lipinski definition) is 1. The molecule has 3 heteroatoms. The van der Waals surface area contributed by atoms with E-state index in [4.69, 9.17) is 0 Å². The summed E-state index contributed by atoms with van der Waals surface area (Å²) < 4.78 is 1.56. The summed E-state index contributed by atoms with van der Waals surface area (Å²) in [7, 11) is 4.47. The van der Waals surface area contributed by atoms with Gasteiger partial charge in [0.1, 0.15) is 0 Å². The molecule has 0 amide bonds. The quantitative estimate of drug-likeness (QED) is 0.440. The van der Waals surface area contributed by atoms with Gasteiger partial charge in [-0.15, -0.1) is 0 Å². The highest BCUT2D eigenvalue weighted by molar-refractivity contribution is 9.11. The first kappa shape index (κ1) is 19.1. The van der Waals surface area contributed by atoms with E-state index in [1.54, 1.807) is 10.1 Å². The maximum atomic E-state index is 4.07. The number of hydrogen-bond donors (Lipinski definition) is 0. The monoisotopic (exact) mass is 411 g/mol. The molecule has 24 heavy (non-hydrogen) atoms. The topological polar surface area (TPSA) is 3.24 Å². The van der Waals surface area contributed by atoms with Crippen molar-refractivity contribution in [3.05, 3.63) is 22.2 Å². The van der Waals surface area contributed by atoms with Gasteiger partial charge in [-0.1, -0.05) is 74.5 Å². The second-order valence-electron chi connectivity index (χ2n) is 8.26. The summed E-state index contributed by atoms with van der Waals surface area (Å²) >= 11 is 4.07. The lowest BCUT2D eigenvalue weighted by molar-refractivity contribution is 0.414. The van der Waals surface area contributed by atoms with Crippen molar-refractivity contribution < 1.29 is 0 Å². The molecule has 3 aliphatic carbocycles. The Morgan fingerprint density at radius 3 is 2.00 bits per heavy atom. The lowest BCUT2D eigenvalue weighted by Crippen LogP contribution is -2.25. The highest BCUT2D eigenvalue weighted by Crippen LogP contribution is 2.62. The fraction of sp³-hybridized carbons (Fsp3) is 0.810. The molecular weight excluding hydrogens is 377 g/mol. The van der Waals surface area contributed by atoms with Crippen LogP contribution in [0.3, 0.4) is 0 Å². The molecule has 136 valence electrons. The first-order valence-corrected chi connectivity index (χ1v) is 12.5. The number of halogens is 1. The van der Waals surface area contributed by atoms with Crippen molar-refractivity contribution in [2.75, 3.05) is 20.6 Å². The summed E-state index contributed by atoms with van der Waals surface area (Å²) in [6.45, 7) is 1.16. The summed E-state index contributed by atoms with van der Waals surface area (Å²) in [5.41, 5.74) is 4.38. The minimum absolute atomic E-state index is 0.105. The van der Waals surface area contributed by atoms with E-state index in [0.29, 0.717) is 0 Å². The minimum Gasteiger partial charge on any atom is -0.309 e. The predicted octanol–water partition coefficient (Wildman–Crippen LogP) is 6.67. The molecule has 1 atom stereocenters. The Morgan fingerprint density at radius 1 is 0.958 bits per heavy atom. The zero-order valence-electron chi connectivity index (χ0n) is 15.6. The Balaban J connectivity index is 1.76. The molecule has 3 rings (SSSR count). The molecule has 0 aromatic heterocycles. The molecule has 0 bridgehead atoms. The van der Waals surface area contributed by atoms with E-state index in [1.807, 2.05) is 0 Å². The fourth-order valence-corrected chi connectivity index (χ4v) is 10.2. The van der Waals surface area contributed by atoms with Gasteiger partial charge in [-0.3, -0.25) is 0 Å². The maximum absolute atomic E-state index is 4.07. The second kappa shape index (κ2) is 9.33. The van der Waals surface area contributed by atoms with Gasteiger partial charge in [0, 0.05) is 16.7 Å². The zero-order chi connectivity index (χ0) is 16.9. The molecule has 0 aliphatic heterocycles. The van der Waals surface area contributed by atoms with Gasteiger partial charge in [-0.25, -0.2) is 0 Å². The van der Waals surface area contributed by atoms with Crippen LogP contribution >= 0.6 is 23.9 Å².